The van der Waals surface area contributed by atoms with Crippen LogP contribution in [-0.2, 0) is 0 Å². The predicted octanol–water partition coefficient (Wildman–Crippen LogP) is 2.32. The molecule has 1 aromatic heterocycles. The van der Waals surface area contributed by atoms with Crippen LogP contribution in [-0.4, -0.2) is 35.1 Å². The van der Waals surface area contributed by atoms with Gasteiger partial charge in [-0.05, 0) is 31.3 Å². The lowest BCUT2D eigenvalue weighted by atomic mass is 10.1. The highest BCUT2D eigenvalue weighted by atomic mass is 32.1. The van der Waals surface area contributed by atoms with Gasteiger partial charge in [0, 0.05) is 11.6 Å². The van der Waals surface area contributed by atoms with Crippen LogP contribution in [0, 0.1) is 4.77 Å². The monoisotopic (exact) mass is 293 g/mol. The molecule has 20 heavy (non-hydrogen) atoms. The number of nitrogens with one attached hydrogen (secondary N) is 3. The molecule has 0 fully saturated rings. The van der Waals surface area contributed by atoms with Gasteiger partial charge in [0.1, 0.15) is 11.5 Å². The van der Waals surface area contributed by atoms with Gasteiger partial charge in [0.15, 0.2) is 0 Å². The van der Waals surface area contributed by atoms with Gasteiger partial charge in [-0.1, -0.05) is 0 Å². The van der Waals surface area contributed by atoms with E-state index in [0.717, 1.165) is 17.0 Å². The first-order chi connectivity index (χ1) is 9.63. The van der Waals surface area contributed by atoms with Crippen LogP contribution in [0.4, 0.5) is 5.95 Å². The summed E-state index contributed by atoms with van der Waals surface area (Å²) in [6, 6.07) is 5.53. The van der Waals surface area contributed by atoms with E-state index in [4.69, 9.17) is 21.7 Å². The van der Waals surface area contributed by atoms with Crippen molar-refractivity contribution in [2.75, 3.05) is 19.6 Å². The van der Waals surface area contributed by atoms with Gasteiger partial charge in [-0.3, -0.25) is 10.2 Å². The van der Waals surface area contributed by atoms with Crippen LogP contribution in [0.15, 0.2) is 23.3 Å². The molecule has 0 aliphatic rings. The lowest BCUT2D eigenvalue weighted by Gasteiger charge is -2.10. The average Bonchev–Trinajstić information content (AvgIpc) is 2.89. The molecular weight excluding hydrogens is 278 g/mol. The molecule has 0 bridgehead atoms. The normalized spacial score (nSPS) is 11.2. The van der Waals surface area contributed by atoms with E-state index in [1.807, 2.05) is 19.1 Å². The summed E-state index contributed by atoms with van der Waals surface area (Å²) in [7, 11) is 3.21. The van der Waals surface area contributed by atoms with Crippen molar-refractivity contribution >= 4 is 23.9 Å². The van der Waals surface area contributed by atoms with E-state index in [-0.39, 0.29) is 0 Å². The number of aromatic nitrogens is 3. The smallest absolute Gasteiger partial charge is 0.238 e. The van der Waals surface area contributed by atoms with E-state index < -0.39 is 0 Å². The number of ether oxygens (including phenoxy) is 2. The van der Waals surface area contributed by atoms with Crippen LogP contribution in [0.2, 0.25) is 0 Å². The number of hydrogen-bond acceptors (Lipinski definition) is 6. The Morgan fingerprint density at radius 3 is 2.70 bits per heavy atom. The first-order valence-electron chi connectivity index (χ1n) is 5.81. The Hall–Kier alpha value is -2.35. The van der Waals surface area contributed by atoms with Crippen molar-refractivity contribution in [2.24, 2.45) is 5.10 Å². The molecule has 3 N–H and O–H groups in total. The maximum Gasteiger partial charge on any atom is 0.238 e. The van der Waals surface area contributed by atoms with E-state index in [9.17, 15) is 0 Å². The van der Waals surface area contributed by atoms with E-state index in [1.54, 1.807) is 20.3 Å². The summed E-state index contributed by atoms with van der Waals surface area (Å²) in [6.45, 7) is 1.86. The molecule has 7 nitrogen and oxygen atoms in total. The molecule has 0 saturated carbocycles. The molecule has 0 radical (unpaired) electrons. The number of aromatic amines is 2. The fraction of sp³-hybridized carbons (Fsp3) is 0.250. The Kier molecular flexibility index (Phi) is 4.36. The first kappa shape index (κ1) is 14.1. The van der Waals surface area contributed by atoms with Gasteiger partial charge in [-0.15, -0.1) is 0 Å². The Labute approximate surface area is 121 Å². The summed E-state index contributed by atoms with van der Waals surface area (Å²) >= 11 is 4.85. The number of rotatable bonds is 5. The molecule has 0 amide bonds. The fourth-order valence-electron chi connectivity index (χ4n) is 1.62. The van der Waals surface area contributed by atoms with Crippen LogP contribution in [0.3, 0.4) is 0 Å². The molecule has 2 rings (SSSR count). The zero-order valence-electron chi connectivity index (χ0n) is 11.4. The number of H-pyrrole nitrogens is 2. The SMILES string of the molecule is COc1ccc(C(C)=NNc2nc(=S)[nH][nH]2)c(OC)c1. The Morgan fingerprint density at radius 2 is 2.10 bits per heavy atom. The maximum absolute atomic E-state index is 5.33. The van der Waals surface area contributed by atoms with Crippen molar-refractivity contribution in [3.63, 3.8) is 0 Å². The van der Waals surface area contributed by atoms with Crippen molar-refractivity contribution in [3.05, 3.63) is 28.5 Å². The van der Waals surface area contributed by atoms with Crippen LogP contribution in [0.1, 0.15) is 12.5 Å². The zero-order chi connectivity index (χ0) is 14.5. The Balaban J connectivity index is 2.23. The lowest BCUT2D eigenvalue weighted by molar-refractivity contribution is 0.394. The standard InChI is InChI=1S/C12H15N5O2S/c1-7(14-15-11-13-12(20)17-16-11)9-5-4-8(18-2)6-10(9)19-3/h4-6H,1-3H3,(H3,13,15,16,17,20). The van der Waals surface area contributed by atoms with Crippen molar-refractivity contribution in [1.29, 1.82) is 0 Å². The molecule has 0 unspecified atom stereocenters. The molecule has 8 heteroatoms. The third kappa shape index (κ3) is 3.15. The third-order valence-electron chi connectivity index (χ3n) is 2.63. The molecular formula is C12H15N5O2S. The topological polar surface area (TPSA) is 87.3 Å². The summed E-state index contributed by atoms with van der Waals surface area (Å²) in [5, 5.41) is 9.65. The van der Waals surface area contributed by atoms with E-state index in [0.29, 0.717) is 16.5 Å². The molecule has 0 spiro atoms. The molecule has 2 aromatic rings. The lowest BCUT2D eigenvalue weighted by Crippen LogP contribution is -2.03. The Morgan fingerprint density at radius 1 is 1.30 bits per heavy atom. The quantitative estimate of drug-likeness (QED) is 0.447. The minimum absolute atomic E-state index is 0.363. The molecule has 0 saturated heterocycles. The van der Waals surface area contributed by atoms with Crippen molar-refractivity contribution < 1.29 is 9.47 Å². The minimum Gasteiger partial charge on any atom is -0.497 e. The second-order valence-electron chi connectivity index (χ2n) is 3.89. The highest BCUT2D eigenvalue weighted by molar-refractivity contribution is 7.71. The van der Waals surface area contributed by atoms with Crippen LogP contribution >= 0.6 is 12.2 Å². The summed E-state index contributed by atoms with van der Waals surface area (Å²) in [4.78, 5) is 3.98. The number of anilines is 1. The van der Waals surface area contributed by atoms with E-state index in [1.165, 1.54) is 0 Å². The molecule has 0 aliphatic carbocycles. The van der Waals surface area contributed by atoms with E-state index in [2.05, 4.69) is 25.7 Å². The number of nitrogens with zero attached hydrogens (tertiary/aromatic N) is 2. The van der Waals surface area contributed by atoms with Crippen molar-refractivity contribution in [1.82, 2.24) is 15.2 Å². The van der Waals surface area contributed by atoms with Gasteiger partial charge in [0.05, 0.1) is 19.9 Å². The van der Waals surface area contributed by atoms with E-state index >= 15 is 0 Å². The third-order valence-corrected chi connectivity index (χ3v) is 2.82. The summed E-state index contributed by atoms with van der Waals surface area (Å²) in [5.41, 5.74) is 4.38. The predicted molar refractivity (Wildman–Crippen MR) is 79.2 cm³/mol. The van der Waals surface area contributed by atoms with Crippen LogP contribution in [0.25, 0.3) is 0 Å². The summed E-state index contributed by atoms with van der Waals surface area (Å²) in [5.74, 6) is 1.85. The van der Waals surface area contributed by atoms with Gasteiger partial charge < -0.3 is 9.47 Å². The Bertz CT molecular complexity index is 676. The van der Waals surface area contributed by atoms with Gasteiger partial charge in [-0.2, -0.15) is 10.1 Å². The van der Waals surface area contributed by atoms with Crippen LogP contribution in [0.5, 0.6) is 11.5 Å². The van der Waals surface area contributed by atoms with Crippen molar-refractivity contribution in [2.45, 2.75) is 6.92 Å². The number of hydrazone groups is 1. The largest absolute Gasteiger partial charge is 0.497 e. The van der Waals surface area contributed by atoms with Gasteiger partial charge in [-0.25, -0.2) is 5.43 Å². The number of benzene rings is 1. The summed E-state index contributed by atoms with van der Waals surface area (Å²) < 4.78 is 10.9. The maximum atomic E-state index is 5.33. The average molecular weight is 293 g/mol. The molecule has 1 heterocycles. The second-order valence-corrected chi connectivity index (χ2v) is 4.28. The minimum atomic E-state index is 0.363. The van der Waals surface area contributed by atoms with Crippen molar-refractivity contribution in [3.8, 4) is 11.5 Å². The number of hydrogen-bond donors (Lipinski definition) is 3. The fourth-order valence-corrected chi connectivity index (χ4v) is 1.76. The molecule has 106 valence electrons. The van der Waals surface area contributed by atoms with Gasteiger partial charge in [0.2, 0.25) is 10.7 Å². The number of methoxy groups -OCH3 is 2. The van der Waals surface area contributed by atoms with Crippen LogP contribution < -0.4 is 14.9 Å². The molecule has 1 aromatic carbocycles. The highest BCUT2D eigenvalue weighted by Crippen LogP contribution is 2.25. The first-order valence-corrected chi connectivity index (χ1v) is 6.22. The second kappa shape index (κ2) is 6.20. The summed E-state index contributed by atoms with van der Waals surface area (Å²) in [6.07, 6.45) is 0. The molecule has 0 atom stereocenters. The highest BCUT2D eigenvalue weighted by Gasteiger charge is 2.08. The van der Waals surface area contributed by atoms with Gasteiger partial charge >= 0.3 is 0 Å². The zero-order valence-corrected chi connectivity index (χ0v) is 12.2. The van der Waals surface area contributed by atoms with Gasteiger partial charge in [0.25, 0.3) is 0 Å². The molecule has 0 aliphatic heterocycles.